The zero-order valence-electron chi connectivity index (χ0n) is 17.7. The van der Waals surface area contributed by atoms with Gasteiger partial charge in [0.15, 0.2) is 0 Å². The highest BCUT2D eigenvalue weighted by molar-refractivity contribution is 6.46. The van der Waals surface area contributed by atoms with E-state index in [2.05, 4.69) is 12.2 Å². The second-order valence-corrected chi connectivity index (χ2v) is 8.08. The van der Waals surface area contributed by atoms with Crippen molar-refractivity contribution < 1.29 is 9.59 Å². The number of hydrogen-bond acceptors (Lipinski definition) is 3. The van der Waals surface area contributed by atoms with Gasteiger partial charge in [-0.25, -0.2) is 4.90 Å². The lowest BCUT2D eigenvalue weighted by atomic mass is 10.0. The fraction of sp³-hybridized carbons (Fsp3) is 0.154. The van der Waals surface area contributed by atoms with Gasteiger partial charge in [0.1, 0.15) is 5.70 Å². The molecular formula is C26H23ClN2O2. The quantitative estimate of drug-likeness (QED) is 0.511. The summed E-state index contributed by atoms with van der Waals surface area (Å²) in [5.74, 6) is -0.776. The zero-order valence-corrected chi connectivity index (χ0v) is 18.5. The number of amides is 2. The van der Waals surface area contributed by atoms with Crippen LogP contribution in [0.5, 0.6) is 0 Å². The summed E-state index contributed by atoms with van der Waals surface area (Å²) < 4.78 is 0. The van der Waals surface area contributed by atoms with Crippen LogP contribution < -0.4 is 10.2 Å². The molecule has 1 N–H and O–H groups in total. The van der Waals surface area contributed by atoms with E-state index >= 15 is 0 Å². The highest BCUT2D eigenvalue weighted by Crippen LogP contribution is 2.35. The molecule has 156 valence electrons. The summed E-state index contributed by atoms with van der Waals surface area (Å²) >= 11 is 6.27. The minimum absolute atomic E-state index is 0.259. The van der Waals surface area contributed by atoms with Crippen LogP contribution >= 0.6 is 11.6 Å². The molecule has 0 radical (unpaired) electrons. The molecule has 1 heterocycles. The van der Waals surface area contributed by atoms with Crippen molar-refractivity contribution >= 4 is 40.4 Å². The van der Waals surface area contributed by atoms with Crippen molar-refractivity contribution in [2.45, 2.75) is 27.2 Å². The number of hydrogen-bond donors (Lipinski definition) is 1. The van der Waals surface area contributed by atoms with E-state index in [-0.39, 0.29) is 11.6 Å². The maximum Gasteiger partial charge on any atom is 0.282 e. The average molecular weight is 431 g/mol. The van der Waals surface area contributed by atoms with E-state index in [0.29, 0.717) is 21.8 Å². The van der Waals surface area contributed by atoms with Crippen LogP contribution in [0.25, 0.3) is 5.57 Å². The molecule has 4 nitrogen and oxygen atoms in total. The third-order valence-electron chi connectivity index (χ3n) is 5.47. The molecule has 0 fully saturated rings. The second-order valence-electron chi connectivity index (χ2n) is 7.67. The number of aryl methyl sites for hydroxylation is 3. The molecule has 3 aromatic carbocycles. The number of anilines is 2. The van der Waals surface area contributed by atoms with Gasteiger partial charge in [0.25, 0.3) is 11.8 Å². The Labute approximate surface area is 187 Å². The molecule has 0 bridgehead atoms. The predicted molar refractivity (Wildman–Crippen MR) is 126 cm³/mol. The third-order valence-corrected chi connectivity index (χ3v) is 5.88. The number of imide groups is 1. The van der Waals surface area contributed by atoms with Gasteiger partial charge in [-0.3, -0.25) is 9.59 Å². The topological polar surface area (TPSA) is 49.4 Å². The van der Waals surface area contributed by atoms with Gasteiger partial charge in [0, 0.05) is 10.7 Å². The number of carbonyl (C=O) groups is 2. The van der Waals surface area contributed by atoms with E-state index in [1.54, 1.807) is 18.2 Å². The van der Waals surface area contributed by atoms with Crippen molar-refractivity contribution in [2.75, 3.05) is 10.2 Å². The summed E-state index contributed by atoms with van der Waals surface area (Å²) in [7, 11) is 0. The van der Waals surface area contributed by atoms with Crippen LogP contribution in [-0.2, 0) is 16.0 Å². The molecule has 1 aliphatic rings. The lowest BCUT2D eigenvalue weighted by Crippen LogP contribution is -2.32. The monoisotopic (exact) mass is 430 g/mol. The molecule has 0 saturated carbocycles. The number of nitrogens with one attached hydrogen (secondary N) is 1. The Hall–Kier alpha value is -3.37. The van der Waals surface area contributed by atoms with Crippen LogP contribution in [-0.4, -0.2) is 11.8 Å². The van der Waals surface area contributed by atoms with Crippen molar-refractivity contribution in [3.63, 3.8) is 0 Å². The van der Waals surface area contributed by atoms with Crippen LogP contribution in [0.3, 0.4) is 0 Å². The molecule has 0 aliphatic carbocycles. The maximum absolute atomic E-state index is 13.5. The van der Waals surface area contributed by atoms with Crippen LogP contribution in [0.15, 0.2) is 72.4 Å². The lowest BCUT2D eigenvalue weighted by molar-refractivity contribution is -0.120. The molecule has 0 saturated heterocycles. The van der Waals surface area contributed by atoms with Gasteiger partial charge in [-0.2, -0.15) is 0 Å². The molecule has 0 aromatic heterocycles. The Morgan fingerprint density at radius 2 is 1.55 bits per heavy atom. The first-order valence-corrected chi connectivity index (χ1v) is 10.6. The number of carbonyl (C=O) groups excluding carboxylic acids is 2. The third kappa shape index (κ3) is 3.99. The summed E-state index contributed by atoms with van der Waals surface area (Å²) in [5.41, 5.74) is 5.66. The van der Waals surface area contributed by atoms with E-state index in [4.69, 9.17) is 11.6 Å². The standard InChI is InChI=1S/C26H23ClN2O2/c1-4-18-8-12-20(13-9-18)28-24-23(19-10-5-16(2)6-11-19)25(30)29(26(24)31)21-14-7-17(3)22(27)15-21/h5-15,28H,4H2,1-3H3. The largest absolute Gasteiger partial charge is 0.350 e. The molecule has 1 aliphatic heterocycles. The number of nitrogens with zero attached hydrogens (tertiary/aromatic N) is 1. The van der Waals surface area contributed by atoms with Gasteiger partial charge < -0.3 is 5.32 Å². The molecule has 5 heteroatoms. The van der Waals surface area contributed by atoms with E-state index in [0.717, 1.165) is 23.2 Å². The molecule has 0 unspecified atom stereocenters. The summed E-state index contributed by atoms with van der Waals surface area (Å²) in [6.07, 6.45) is 0.928. The fourth-order valence-electron chi connectivity index (χ4n) is 3.56. The summed E-state index contributed by atoms with van der Waals surface area (Å²) in [6, 6.07) is 20.6. The Morgan fingerprint density at radius 3 is 2.16 bits per heavy atom. The van der Waals surface area contributed by atoms with E-state index in [9.17, 15) is 9.59 Å². The Bertz CT molecular complexity index is 1200. The van der Waals surface area contributed by atoms with Crippen LogP contribution in [0.2, 0.25) is 5.02 Å². The van der Waals surface area contributed by atoms with Crippen LogP contribution in [0, 0.1) is 13.8 Å². The highest BCUT2D eigenvalue weighted by Gasteiger charge is 2.40. The number of rotatable bonds is 5. The predicted octanol–water partition coefficient (Wildman–Crippen LogP) is 5.92. The summed E-state index contributed by atoms with van der Waals surface area (Å²) in [6.45, 7) is 5.95. The number of benzene rings is 3. The lowest BCUT2D eigenvalue weighted by Gasteiger charge is -2.16. The van der Waals surface area contributed by atoms with Crippen molar-refractivity contribution in [1.29, 1.82) is 0 Å². The molecular weight excluding hydrogens is 408 g/mol. The molecule has 31 heavy (non-hydrogen) atoms. The van der Waals surface area contributed by atoms with Crippen molar-refractivity contribution in [3.8, 4) is 0 Å². The molecule has 4 rings (SSSR count). The van der Waals surface area contributed by atoms with Gasteiger partial charge in [0.2, 0.25) is 0 Å². The summed E-state index contributed by atoms with van der Waals surface area (Å²) in [5, 5.41) is 3.70. The second kappa shape index (κ2) is 8.40. The van der Waals surface area contributed by atoms with Gasteiger partial charge in [-0.15, -0.1) is 0 Å². The maximum atomic E-state index is 13.5. The Kier molecular flexibility index (Phi) is 5.66. The van der Waals surface area contributed by atoms with Crippen molar-refractivity contribution in [3.05, 3.63) is 99.7 Å². The molecule has 0 spiro atoms. The first kappa shape index (κ1) is 20.9. The molecule has 0 atom stereocenters. The van der Waals surface area contributed by atoms with Crippen LogP contribution in [0.4, 0.5) is 11.4 Å². The van der Waals surface area contributed by atoms with Crippen molar-refractivity contribution in [2.24, 2.45) is 0 Å². The smallest absolute Gasteiger partial charge is 0.282 e. The Morgan fingerprint density at radius 1 is 0.871 bits per heavy atom. The van der Waals surface area contributed by atoms with Crippen LogP contribution in [0.1, 0.15) is 29.2 Å². The van der Waals surface area contributed by atoms with Gasteiger partial charge in [-0.05, 0) is 61.2 Å². The van der Waals surface area contributed by atoms with E-state index < -0.39 is 5.91 Å². The first-order valence-electron chi connectivity index (χ1n) is 10.2. The Balaban J connectivity index is 1.80. The van der Waals surface area contributed by atoms with Gasteiger partial charge >= 0.3 is 0 Å². The van der Waals surface area contributed by atoms with Crippen molar-refractivity contribution in [1.82, 2.24) is 0 Å². The zero-order chi connectivity index (χ0) is 22.1. The first-order chi connectivity index (χ1) is 14.9. The molecule has 3 aromatic rings. The van der Waals surface area contributed by atoms with Gasteiger partial charge in [-0.1, -0.05) is 66.6 Å². The SMILES string of the molecule is CCc1ccc(NC2=C(c3ccc(C)cc3)C(=O)N(c3ccc(C)c(Cl)c3)C2=O)cc1. The minimum Gasteiger partial charge on any atom is -0.350 e. The van der Waals surface area contributed by atoms with E-state index in [1.165, 1.54) is 10.5 Å². The van der Waals surface area contributed by atoms with E-state index in [1.807, 2.05) is 62.4 Å². The summed E-state index contributed by atoms with van der Waals surface area (Å²) in [4.78, 5) is 28.1. The number of halogens is 1. The fourth-order valence-corrected chi connectivity index (χ4v) is 3.73. The molecule has 2 amide bonds. The highest BCUT2D eigenvalue weighted by atomic mass is 35.5. The normalized spacial score (nSPS) is 13.9. The van der Waals surface area contributed by atoms with Gasteiger partial charge in [0.05, 0.1) is 11.3 Å². The minimum atomic E-state index is -0.403. The average Bonchev–Trinajstić information content (AvgIpc) is 3.01.